The molecule has 0 unspecified atom stereocenters. The number of Topliss-reactive ketones (excluding diaryl/α,β-unsaturated/α-hetero) is 1. The van der Waals surface area contributed by atoms with Gasteiger partial charge in [0.2, 0.25) is 0 Å². The molecule has 2 bridgehead atoms. The van der Waals surface area contributed by atoms with E-state index in [1.807, 2.05) is 12.1 Å². The third-order valence-corrected chi connectivity index (χ3v) is 7.69. The van der Waals surface area contributed by atoms with E-state index in [4.69, 9.17) is 4.74 Å². The first-order chi connectivity index (χ1) is 11.9. The van der Waals surface area contributed by atoms with Gasteiger partial charge in [0.15, 0.2) is 0 Å². The molecule has 5 atom stereocenters. The van der Waals surface area contributed by atoms with Crippen LogP contribution in [0.5, 0.6) is 5.75 Å². The van der Waals surface area contributed by atoms with Crippen molar-refractivity contribution < 1.29 is 14.3 Å². The summed E-state index contributed by atoms with van der Waals surface area (Å²) in [6.45, 7) is 3.67. The summed E-state index contributed by atoms with van der Waals surface area (Å²) in [5.41, 5.74) is 2.66. The molecule has 1 spiro atoms. The molecule has 5 rings (SSSR count). The highest BCUT2D eigenvalue weighted by atomic mass is 16.5. The van der Waals surface area contributed by atoms with Crippen molar-refractivity contribution in [2.45, 2.75) is 51.9 Å². The van der Waals surface area contributed by atoms with Crippen molar-refractivity contribution in [3.05, 3.63) is 41.5 Å². The Morgan fingerprint density at radius 1 is 1.28 bits per heavy atom. The summed E-state index contributed by atoms with van der Waals surface area (Å²) in [7, 11) is 0. The number of hydrogen-bond acceptors (Lipinski definition) is 3. The summed E-state index contributed by atoms with van der Waals surface area (Å²) in [4.78, 5) is 24.1. The Hall–Kier alpha value is -1.90. The maximum absolute atomic E-state index is 12.9. The smallest absolute Gasteiger partial charge is 0.308 e. The molecule has 0 radical (unpaired) electrons. The van der Waals surface area contributed by atoms with E-state index < -0.39 is 0 Å². The summed E-state index contributed by atoms with van der Waals surface area (Å²) >= 11 is 0. The zero-order chi connectivity index (χ0) is 17.4. The van der Waals surface area contributed by atoms with E-state index in [1.165, 1.54) is 18.1 Å². The van der Waals surface area contributed by atoms with Crippen LogP contribution in [0.4, 0.5) is 0 Å². The van der Waals surface area contributed by atoms with Crippen molar-refractivity contribution in [1.29, 1.82) is 0 Å². The molecule has 0 saturated heterocycles. The van der Waals surface area contributed by atoms with Crippen LogP contribution in [-0.2, 0) is 16.0 Å². The van der Waals surface area contributed by atoms with Crippen molar-refractivity contribution in [2.24, 2.45) is 22.7 Å². The molecule has 4 aliphatic carbocycles. The molecular weight excluding hydrogens is 312 g/mol. The van der Waals surface area contributed by atoms with Crippen LogP contribution < -0.4 is 4.74 Å². The summed E-state index contributed by atoms with van der Waals surface area (Å²) < 4.78 is 5.27. The minimum Gasteiger partial charge on any atom is -0.427 e. The van der Waals surface area contributed by atoms with Crippen LogP contribution in [0.3, 0.4) is 0 Å². The number of aryl methyl sites for hydroxylation is 1. The lowest BCUT2D eigenvalue weighted by Gasteiger charge is -2.55. The van der Waals surface area contributed by atoms with Gasteiger partial charge in [-0.05, 0) is 67.2 Å². The fraction of sp³-hybridized carbons (Fsp3) is 0.545. The van der Waals surface area contributed by atoms with Crippen LogP contribution in [0.2, 0.25) is 0 Å². The van der Waals surface area contributed by atoms with Crippen LogP contribution in [0.15, 0.2) is 30.4 Å². The van der Waals surface area contributed by atoms with Crippen LogP contribution in [0.1, 0.15) is 56.6 Å². The molecular formula is C22H24O3. The topological polar surface area (TPSA) is 43.4 Å². The predicted molar refractivity (Wildman–Crippen MR) is 94.3 cm³/mol. The lowest BCUT2D eigenvalue weighted by molar-refractivity contribution is -0.135. The van der Waals surface area contributed by atoms with Gasteiger partial charge in [0.25, 0.3) is 0 Å². The second-order valence-corrected chi connectivity index (χ2v) is 8.65. The minimum absolute atomic E-state index is 0.0733. The average molecular weight is 336 g/mol. The number of fused-ring (bicyclic) bond motifs is 4. The molecule has 0 amide bonds. The molecule has 2 fully saturated rings. The quantitative estimate of drug-likeness (QED) is 0.438. The van der Waals surface area contributed by atoms with E-state index in [9.17, 15) is 9.59 Å². The van der Waals surface area contributed by atoms with Gasteiger partial charge in [-0.25, -0.2) is 0 Å². The number of carbonyl (C=O) groups is 2. The predicted octanol–water partition coefficient (Wildman–Crippen LogP) is 4.20. The van der Waals surface area contributed by atoms with E-state index in [1.54, 1.807) is 0 Å². The maximum atomic E-state index is 12.9. The maximum Gasteiger partial charge on any atom is 0.308 e. The van der Waals surface area contributed by atoms with Gasteiger partial charge in [0, 0.05) is 23.7 Å². The van der Waals surface area contributed by atoms with Crippen molar-refractivity contribution in [1.82, 2.24) is 0 Å². The van der Waals surface area contributed by atoms with E-state index in [2.05, 4.69) is 25.1 Å². The largest absolute Gasteiger partial charge is 0.427 e. The molecule has 25 heavy (non-hydrogen) atoms. The Morgan fingerprint density at radius 2 is 2.12 bits per heavy atom. The summed E-state index contributed by atoms with van der Waals surface area (Å²) in [6.07, 6.45) is 9.86. The van der Waals surface area contributed by atoms with Crippen molar-refractivity contribution in [3.63, 3.8) is 0 Å². The number of ether oxygens (including phenoxy) is 1. The monoisotopic (exact) mass is 336 g/mol. The summed E-state index contributed by atoms with van der Waals surface area (Å²) in [5.74, 6) is 2.12. The third-order valence-electron chi connectivity index (χ3n) is 7.69. The summed E-state index contributed by atoms with van der Waals surface area (Å²) in [5, 5.41) is 0. The standard InChI is InChI=1S/C22H24O3/c1-13(23)25-16-4-5-17-14(11-16)3-6-19-18(17)8-9-21(2)20(24)15-7-10-22(19,21)12-15/h4-5,7,10-11,15,18-19H,3,6,8-9,12H2,1-2H3/t15-,18+,19+,21+,22+/m0/s1. The highest BCUT2D eigenvalue weighted by Crippen LogP contribution is 2.71. The number of hydrogen-bond donors (Lipinski definition) is 0. The van der Waals surface area contributed by atoms with Crippen molar-refractivity contribution in [3.8, 4) is 5.75 Å². The second kappa shape index (κ2) is 4.84. The molecule has 130 valence electrons. The first kappa shape index (κ1) is 15.4. The van der Waals surface area contributed by atoms with Gasteiger partial charge in [-0.3, -0.25) is 9.59 Å². The average Bonchev–Trinajstić information content (AvgIpc) is 3.11. The van der Waals surface area contributed by atoms with Gasteiger partial charge < -0.3 is 4.74 Å². The van der Waals surface area contributed by atoms with Crippen LogP contribution in [-0.4, -0.2) is 11.8 Å². The lowest BCUT2D eigenvalue weighted by Crippen LogP contribution is -2.51. The van der Waals surface area contributed by atoms with Gasteiger partial charge in [-0.2, -0.15) is 0 Å². The first-order valence-corrected chi connectivity index (χ1v) is 9.49. The Labute approximate surface area is 148 Å². The van der Waals surface area contributed by atoms with E-state index in [0.29, 0.717) is 23.4 Å². The Kier molecular flexibility index (Phi) is 2.97. The Morgan fingerprint density at radius 3 is 2.92 bits per heavy atom. The lowest BCUT2D eigenvalue weighted by atomic mass is 9.47. The number of carbonyl (C=O) groups excluding carboxylic acids is 2. The molecule has 0 aliphatic heterocycles. The number of ketones is 1. The first-order valence-electron chi connectivity index (χ1n) is 9.49. The molecule has 3 heteroatoms. The number of rotatable bonds is 1. The van der Waals surface area contributed by atoms with Crippen LogP contribution in [0.25, 0.3) is 0 Å². The van der Waals surface area contributed by atoms with Gasteiger partial charge in [-0.15, -0.1) is 0 Å². The fourth-order valence-electron chi connectivity index (χ4n) is 6.59. The zero-order valence-corrected chi connectivity index (χ0v) is 14.9. The number of esters is 1. The molecule has 4 aliphatic rings. The zero-order valence-electron chi connectivity index (χ0n) is 14.9. The number of benzene rings is 1. The second-order valence-electron chi connectivity index (χ2n) is 8.65. The van der Waals surface area contributed by atoms with Crippen molar-refractivity contribution in [2.75, 3.05) is 0 Å². The highest BCUT2D eigenvalue weighted by molar-refractivity contribution is 5.94. The highest BCUT2D eigenvalue weighted by Gasteiger charge is 2.67. The Balaban J connectivity index is 1.54. The molecule has 0 N–H and O–H groups in total. The molecule has 0 heterocycles. The summed E-state index contributed by atoms with van der Waals surface area (Å²) in [6, 6.07) is 6.14. The van der Waals surface area contributed by atoms with Crippen molar-refractivity contribution >= 4 is 11.8 Å². The van der Waals surface area contributed by atoms with Crippen LogP contribution in [0, 0.1) is 22.7 Å². The normalized spacial score (nSPS) is 40.4. The van der Waals surface area contributed by atoms with E-state index in [-0.39, 0.29) is 22.7 Å². The molecule has 1 aromatic rings. The van der Waals surface area contributed by atoms with Gasteiger partial charge >= 0.3 is 5.97 Å². The van der Waals surface area contributed by atoms with E-state index in [0.717, 1.165) is 32.1 Å². The molecule has 1 aromatic carbocycles. The number of allylic oxidation sites excluding steroid dienone is 2. The van der Waals surface area contributed by atoms with Gasteiger partial charge in [0.05, 0.1) is 0 Å². The van der Waals surface area contributed by atoms with E-state index >= 15 is 0 Å². The minimum atomic E-state index is -0.271. The van der Waals surface area contributed by atoms with Gasteiger partial charge in [0.1, 0.15) is 11.5 Å². The molecule has 0 aromatic heterocycles. The van der Waals surface area contributed by atoms with Crippen LogP contribution >= 0.6 is 0 Å². The SMILES string of the molecule is CC(=O)Oc1ccc2c(c1)CC[C@@H]1[C@@H]2CC[C@]2(C)C(=O)[C@H]3C=C[C@@]12C3. The third kappa shape index (κ3) is 1.82. The molecule has 3 nitrogen and oxygen atoms in total. The molecule has 2 saturated carbocycles. The Bertz CT molecular complexity index is 823. The fourth-order valence-corrected chi connectivity index (χ4v) is 6.59. The van der Waals surface area contributed by atoms with Gasteiger partial charge in [-0.1, -0.05) is 25.1 Å².